The van der Waals surface area contributed by atoms with E-state index in [1.54, 1.807) is 4.90 Å². The number of urea groups is 1. The second-order valence-corrected chi connectivity index (χ2v) is 5.97. The summed E-state index contributed by atoms with van der Waals surface area (Å²) in [5, 5.41) is 11.8. The molecule has 1 saturated heterocycles. The van der Waals surface area contributed by atoms with Crippen molar-refractivity contribution in [2.24, 2.45) is 5.92 Å². The van der Waals surface area contributed by atoms with Crippen LogP contribution in [0.1, 0.15) is 19.3 Å². The summed E-state index contributed by atoms with van der Waals surface area (Å²) in [7, 11) is 2.06. The molecule has 6 heteroatoms. The standard InChI is InChI=1S/C17H25N3O3/c1-19(15-7-3-2-4-8-15)11-6-5-10-18-17(23)20-12-9-14(13-20)16(21)22/h2-4,7-8,14H,5-6,9-13H2,1H3,(H,18,23)(H,21,22). The number of carboxylic acids is 1. The van der Waals surface area contributed by atoms with Gasteiger partial charge in [-0.15, -0.1) is 0 Å². The highest BCUT2D eigenvalue weighted by Gasteiger charge is 2.30. The fourth-order valence-corrected chi connectivity index (χ4v) is 2.74. The minimum atomic E-state index is -0.816. The summed E-state index contributed by atoms with van der Waals surface area (Å²) in [4.78, 5) is 26.6. The maximum Gasteiger partial charge on any atom is 0.317 e. The van der Waals surface area contributed by atoms with E-state index >= 15 is 0 Å². The Morgan fingerprint density at radius 2 is 2.04 bits per heavy atom. The van der Waals surface area contributed by atoms with E-state index < -0.39 is 11.9 Å². The van der Waals surface area contributed by atoms with Gasteiger partial charge < -0.3 is 20.2 Å². The molecule has 2 rings (SSSR count). The minimum Gasteiger partial charge on any atom is -0.481 e. The van der Waals surface area contributed by atoms with Gasteiger partial charge in [0.25, 0.3) is 0 Å². The zero-order valence-electron chi connectivity index (χ0n) is 13.6. The van der Waals surface area contributed by atoms with Crippen molar-refractivity contribution in [1.29, 1.82) is 0 Å². The van der Waals surface area contributed by atoms with E-state index in [9.17, 15) is 9.59 Å². The molecule has 1 aliphatic heterocycles. The summed E-state index contributed by atoms with van der Waals surface area (Å²) in [5.41, 5.74) is 1.19. The first-order chi connectivity index (χ1) is 11.1. The molecule has 1 aliphatic rings. The molecule has 0 radical (unpaired) electrons. The van der Waals surface area contributed by atoms with Crippen LogP contribution >= 0.6 is 0 Å². The summed E-state index contributed by atoms with van der Waals surface area (Å²) >= 11 is 0. The van der Waals surface area contributed by atoms with Crippen molar-refractivity contribution in [3.8, 4) is 0 Å². The van der Waals surface area contributed by atoms with Crippen molar-refractivity contribution < 1.29 is 14.7 Å². The van der Waals surface area contributed by atoms with Crippen LogP contribution in [-0.4, -0.2) is 55.2 Å². The smallest absolute Gasteiger partial charge is 0.317 e. The van der Waals surface area contributed by atoms with Crippen molar-refractivity contribution in [3.05, 3.63) is 30.3 Å². The Kier molecular flexibility index (Phi) is 6.26. The maximum absolute atomic E-state index is 11.9. The van der Waals surface area contributed by atoms with Gasteiger partial charge in [0.15, 0.2) is 0 Å². The van der Waals surface area contributed by atoms with Gasteiger partial charge >= 0.3 is 12.0 Å². The fraction of sp³-hybridized carbons (Fsp3) is 0.529. The Morgan fingerprint density at radius 1 is 1.30 bits per heavy atom. The molecule has 1 unspecified atom stereocenters. The average Bonchev–Trinajstić information content (AvgIpc) is 3.05. The van der Waals surface area contributed by atoms with E-state index in [2.05, 4.69) is 29.4 Å². The van der Waals surface area contributed by atoms with Crippen LogP contribution in [0.4, 0.5) is 10.5 Å². The molecule has 23 heavy (non-hydrogen) atoms. The number of amides is 2. The van der Waals surface area contributed by atoms with E-state index in [0.717, 1.165) is 19.4 Å². The van der Waals surface area contributed by atoms with Gasteiger partial charge in [-0.05, 0) is 31.4 Å². The molecule has 0 aromatic heterocycles. The predicted molar refractivity (Wildman–Crippen MR) is 89.7 cm³/mol. The lowest BCUT2D eigenvalue weighted by Gasteiger charge is -2.20. The Balaban J connectivity index is 1.59. The largest absolute Gasteiger partial charge is 0.481 e. The molecule has 2 amide bonds. The lowest BCUT2D eigenvalue weighted by atomic mass is 10.1. The highest BCUT2D eigenvalue weighted by Crippen LogP contribution is 2.16. The van der Waals surface area contributed by atoms with Crippen LogP contribution in [0, 0.1) is 5.92 Å². The van der Waals surface area contributed by atoms with Gasteiger partial charge in [-0.1, -0.05) is 18.2 Å². The first-order valence-electron chi connectivity index (χ1n) is 8.09. The molecule has 0 aliphatic carbocycles. The third-order valence-electron chi connectivity index (χ3n) is 4.22. The van der Waals surface area contributed by atoms with E-state index in [4.69, 9.17) is 5.11 Å². The first kappa shape index (κ1) is 17.1. The summed E-state index contributed by atoms with van der Waals surface area (Å²) < 4.78 is 0. The SMILES string of the molecule is CN(CCCCNC(=O)N1CCC(C(=O)O)C1)c1ccccc1. The van der Waals surface area contributed by atoms with Gasteiger partial charge in [0.2, 0.25) is 0 Å². The number of carboxylic acid groups (broad SMARTS) is 1. The number of unbranched alkanes of at least 4 members (excludes halogenated alkanes) is 1. The van der Waals surface area contributed by atoms with Gasteiger partial charge in [-0.2, -0.15) is 0 Å². The molecule has 0 spiro atoms. The van der Waals surface area contributed by atoms with Gasteiger partial charge in [0.1, 0.15) is 0 Å². The summed E-state index contributed by atoms with van der Waals surface area (Å²) in [6.45, 7) is 2.40. The van der Waals surface area contributed by atoms with Crippen molar-refractivity contribution in [2.75, 3.05) is 38.1 Å². The number of aliphatic carboxylic acids is 1. The second-order valence-electron chi connectivity index (χ2n) is 5.97. The molecular formula is C17H25N3O3. The van der Waals surface area contributed by atoms with Gasteiger partial charge in [0.05, 0.1) is 5.92 Å². The number of nitrogens with one attached hydrogen (secondary N) is 1. The molecule has 2 N–H and O–H groups in total. The highest BCUT2D eigenvalue weighted by molar-refractivity contribution is 5.77. The van der Waals surface area contributed by atoms with Crippen molar-refractivity contribution >= 4 is 17.7 Å². The Bertz CT molecular complexity index is 521. The number of likely N-dealkylation sites (tertiary alicyclic amines) is 1. The molecule has 1 aromatic rings. The number of rotatable bonds is 7. The lowest BCUT2D eigenvalue weighted by Crippen LogP contribution is -2.39. The zero-order chi connectivity index (χ0) is 16.7. The van der Waals surface area contributed by atoms with Gasteiger partial charge in [-0.3, -0.25) is 4.79 Å². The summed E-state index contributed by atoms with van der Waals surface area (Å²) in [5.74, 6) is -1.23. The topological polar surface area (TPSA) is 72.9 Å². The first-order valence-corrected chi connectivity index (χ1v) is 8.09. The van der Waals surface area contributed by atoms with Crippen LogP contribution in [-0.2, 0) is 4.79 Å². The van der Waals surface area contributed by atoms with E-state index in [1.165, 1.54) is 5.69 Å². The highest BCUT2D eigenvalue weighted by atomic mass is 16.4. The number of nitrogens with zero attached hydrogens (tertiary/aromatic N) is 2. The van der Waals surface area contributed by atoms with Gasteiger partial charge in [-0.25, -0.2) is 4.79 Å². The monoisotopic (exact) mass is 319 g/mol. The van der Waals surface area contributed by atoms with Crippen LogP contribution < -0.4 is 10.2 Å². The molecule has 6 nitrogen and oxygen atoms in total. The predicted octanol–water partition coefficient (Wildman–Crippen LogP) is 2.02. The molecule has 1 atom stereocenters. The fourth-order valence-electron chi connectivity index (χ4n) is 2.74. The average molecular weight is 319 g/mol. The molecule has 1 heterocycles. The molecule has 0 saturated carbocycles. The van der Waals surface area contributed by atoms with E-state index in [-0.39, 0.29) is 6.03 Å². The molecule has 1 aromatic carbocycles. The molecule has 1 fully saturated rings. The number of hydrogen-bond acceptors (Lipinski definition) is 3. The van der Waals surface area contributed by atoms with Crippen molar-refractivity contribution in [2.45, 2.75) is 19.3 Å². The van der Waals surface area contributed by atoms with Crippen LogP contribution in [0.5, 0.6) is 0 Å². The maximum atomic E-state index is 11.9. The number of para-hydroxylation sites is 1. The number of benzene rings is 1. The van der Waals surface area contributed by atoms with Crippen LogP contribution in [0.2, 0.25) is 0 Å². The molecule has 126 valence electrons. The Labute approximate surface area is 137 Å². The number of hydrogen-bond donors (Lipinski definition) is 2. The Hall–Kier alpha value is -2.24. The second kappa shape index (κ2) is 8.41. The third-order valence-corrected chi connectivity index (χ3v) is 4.22. The lowest BCUT2D eigenvalue weighted by molar-refractivity contribution is -0.141. The molecule has 0 bridgehead atoms. The number of carbonyl (C=O) groups is 2. The Morgan fingerprint density at radius 3 is 2.70 bits per heavy atom. The number of anilines is 1. The number of carbonyl (C=O) groups excluding carboxylic acids is 1. The quantitative estimate of drug-likeness (QED) is 0.754. The van der Waals surface area contributed by atoms with Crippen LogP contribution in [0.25, 0.3) is 0 Å². The van der Waals surface area contributed by atoms with E-state index in [1.807, 2.05) is 18.2 Å². The van der Waals surface area contributed by atoms with Gasteiger partial charge in [0, 0.05) is 38.9 Å². The summed E-state index contributed by atoms with van der Waals surface area (Å²) in [6, 6.07) is 10.0. The van der Waals surface area contributed by atoms with Crippen molar-refractivity contribution in [3.63, 3.8) is 0 Å². The van der Waals surface area contributed by atoms with E-state index in [0.29, 0.717) is 26.1 Å². The van der Waals surface area contributed by atoms with Crippen LogP contribution in [0.15, 0.2) is 30.3 Å². The third kappa shape index (κ3) is 5.16. The zero-order valence-corrected chi connectivity index (χ0v) is 13.6. The van der Waals surface area contributed by atoms with Crippen molar-refractivity contribution in [1.82, 2.24) is 10.2 Å². The van der Waals surface area contributed by atoms with Crippen LogP contribution in [0.3, 0.4) is 0 Å². The summed E-state index contributed by atoms with van der Waals surface area (Å²) in [6.07, 6.45) is 2.44. The normalized spacial score (nSPS) is 17.1. The molecular weight excluding hydrogens is 294 g/mol. The minimum absolute atomic E-state index is 0.148.